The number of nitrogens with zero attached hydrogens (tertiary/aromatic N) is 3. The lowest BCUT2D eigenvalue weighted by molar-refractivity contribution is -0.301. The van der Waals surface area contributed by atoms with E-state index < -0.39 is 177 Å². The van der Waals surface area contributed by atoms with Gasteiger partial charge in [0.25, 0.3) is 47.2 Å². The molecule has 0 aliphatic carbocycles. The largest absolute Gasteiger partial charge is 0.390 e. The van der Waals surface area contributed by atoms with Gasteiger partial charge >= 0.3 is 34.3 Å². The molecule has 0 radical (unpaired) electrons. The third kappa shape index (κ3) is 28.7. The van der Waals surface area contributed by atoms with E-state index in [0.29, 0.717) is 36.2 Å². The number of alkyl halides is 3. The minimum Gasteiger partial charge on any atom is -0.390 e. The number of aromatic nitrogens is 6. The predicted molar refractivity (Wildman–Crippen MR) is 420 cm³/mol. The van der Waals surface area contributed by atoms with Crippen LogP contribution in [0.2, 0.25) is 0 Å². The number of H-pyrrole nitrogens is 3. The number of nitrogens with one attached hydrogen (secondary N) is 3. The van der Waals surface area contributed by atoms with Crippen LogP contribution < -0.4 is 33.7 Å². The number of halogens is 3. The Labute approximate surface area is 691 Å². The van der Waals surface area contributed by atoms with Crippen molar-refractivity contribution in [3.8, 4) is 0 Å². The highest BCUT2D eigenvalue weighted by Gasteiger charge is 2.72. The van der Waals surface area contributed by atoms with Crippen LogP contribution in [0.3, 0.4) is 0 Å². The molecule has 0 spiro atoms. The minimum absolute atomic E-state index is 0.0220. The van der Waals surface area contributed by atoms with Gasteiger partial charge in [0.15, 0.2) is 51.4 Å². The Morgan fingerprint density at radius 1 is 0.444 bits per heavy atom. The second-order valence-corrected chi connectivity index (χ2v) is 37.8. The van der Waals surface area contributed by atoms with E-state index in [4.69, 9.17) is 88.7 Å². The van der Waals surface area contributed by atoms with E-state index in [0.717, 1.165) is 51.2 Å². The number of hydrogen-bond donors (Lipinski definition) is 6. The van der Waals surface area contributed by atoms with E-state index in [-0.39, 0.29) is 86.5 Å². The zero-order valence-electron chi connectivity index (χ0n) is 68.2. The van der Waals surface area contributed by atoms with Crippen LogP contribution in [0.1, 0.15) is 123 Å². The Balaban J connectivity index is 0.000000290. The molecule has 2 unspecified atom stereocenters. The van der Waals surface area contributed by atoms with Crippen LogP contribution in [0, 0.1) is 21.7 Å². The summed E-state index contributed by atoms with van der Waals surface area (Å²) in [5.41, 5.74) is -11.7. The topological polar surface area (TPSA) is 469 Å². The number of carbonyl (C=O) groups is 4. The Morgan fingerprint density at radius 2 is 0.726 bits per heavy atom. The summed E-state index contributed by atoms with van der Waals surface area (Å²) in [6, 6.07) is 3.16. The molecule has 38 nitrogen and oxygen atoms in total. The lowest BCUT2D eigenvalue weighted by Crippen LogP contribution is -2.50. The van der Waals surface area contributed by atoms with Crippen molar-refractivity contribution in [3.63, 3.8) is 0 Å². The number of thioether (sulfide) groups is 4. The maximum absolute atomic E-state index is 16.7. The monoisotopic (exact) mass is 1790 g/mol. The van der Waals surface area contributed by atoms with E-state index in [1.165, 1.54) is 81.3 Å². The summed E-state index contributed by atoms with van der Waals surface area (Å²) in [5, 5.41) is 31.0. The number of carbonyl (C=O) groups excluding carboxylic acids is 4. The molecule has 8 heterocycles. The molecule has 47 heteroatoms. The van der Waals surface area contributed by atoms with Gasteiger partial charge in [-0.3, -0.25) is 62.2 Å². The quantitative estimate of drug-likeness (QED) is 0.0308. The summed E-state index contributed by atoms with van der Waals surface area (Å²) in [6.45, 7) is 22.7. The van der Waals surface area contributed by atoms with Crippen LogP contribution in [0.4, 0.5) is 13.2 Å². The average Bonchev–Trinajstić information content (AvgIpc) is 1.56. The van der Waals surface area contributed by atoms with Gasteiger partial charge in [0.2, 0.25) is 0 Å². The van der Waals surface area contributed by atoms with Gasteiger partial charge in [-0.15, -0.1) is 0 Å². The minimum atomic E-state index is -3.00. The number of ether oxygens (including phenoxy) is 13. The molecule has 5 fully saturated rings. The van der Waals surface area contributed by atoms with Crippen LogP contribution in [-0.4, -0.2) is 266 Å². The number of aromatic amines is 3. The van der Waals surface area contributed by atoms with Gasteiger partial charge < -0.3 is 104 Å². The second kappa shape index (κ2) is 44.5. The van der Waals surface area contributed by atoms with Crippen LogP contribution in [-0.2, 0) is 108 Å². The third-order valence-corrected chi connectivity index (χ3v) is 24.3. The normalized spacial score (nSPS) is 27.7. The summed E-state index contributed by atoms with van der Waals surface area (Å²) in [5.74, 6) is -6.42. The Hall–Kier alpha value is -4.11. The van der Waals surface area contributed by atoms with E-state index in [2.05, 4.69) is 4.98 Å². The highest BCUT2D eigenvalue weighted by molar-refractivity contribution is 8.14. The van der Waals surface area contributed by atoms with Gasteiger partial charge in [-0.1, -0.05) is 130 Å². The summed E-state index contributed by atoms with van der Waals surface area (Å²) >= 11 is 4.72. The number of aliphatic hydroxyl groups excluding tert-OH is 2. The van der Waals surface area contributed by atoms with Gasteiger partial charge in [0.1, 0.15) is 42.7 Å². The molecule has 117 heavy (non-hydrogen) atoms. The molecule has 8 rings (SSSR count). The molecule has 5 aliphatic heterocycles. The van der Waals surface area contributed by atoms with Crippen LogP contribution in [0.5, 0.6) is 0 Å². The summed E-state index contributed by atoms with van der Waals surface area (Å²) < 4.78 is 155. The maximum Gasteiger partial charge on any atom is 0.333 e. The molecule has 3 aromatic heterocycles. The molecule has 666 valence electrons. The van der Waals surface area contributed by atoms with Crippen molar-refractivity contribution in [2.75, 3.05) is 136 Å². The zero-order chi connectivity index (χ0) is 87.3. The molecule has 0 saturated carbocycles. The Bertz CT molecular complexity index is 4010. The lowest BCUT2D eigenvalue weighted by atomic mass is 9.95. The van der Waals surface area contributed by atoms with E-state index in [1.807, 2.05) is 93.1 Å². The van der Waals surface area contributed by atoms with E-state index in [9.17, 15) is 67.7 Å². The Morgan fingerprint density at radius 3 is 1.02 bits per heavy atom. The van der Waals surface area contributed by atoms with Crippen molar-refractivity contribution in [2.24, 2.45) is 21.7 Å². The smallest absolute Gasteiger partial charge is 0.333 e. The number of rotatable bonds is 40. The predicted octanol–water partition coefficient (Wildman–Crippen LogP) is 5.35. The molecule has 6 N–H and O–H groups in total. The van der Waals surface area contributed by atoms with Crippen molar-refractivity contribution >= 4 is 84.7 Å². The van der Waals surface area contributed by atoms with Gasteiger partial charge in [-0.05, 0) is 20.8 Å². The lowest BCUT2D eigenvalue weighted by Gasteiger charge is -2.28. The molecule has 3 aromatic rings. The molecule has 0 aromatic carbocycles. The van der Waals surface area contributed by atoms with Gasteiger partial charge in [-0.25, -0.2) is 27.6 Å². The standard InChI is InChI=1S/C30H48FN2O13PS2.C28H46FN2O12PS2.C12H15FN2O7/c1-27(2,3)23(35)48-17-15-39-11-13-41-47(42-14-12-40-16-18-49-24(36)28(4,5)6)43-19-30(31)21-29(7,46-26(38-8)44-21)22(45-30)33-10-9-20(34)32-25(33)37;1-25(2,3)22(34)45-16-14-38-10-12-40-44(41-13-11-39-15-17-46-23(35)26(4,5)6)42-18-28(29)20(33)27(7,37)21(43-28)31-9-8-19(32)30-24(31)36;1-11-7(20-10(19-2)22-11)12(13,5-16)21-8(11)15-4-3-6(17)14-9(15)18/h9-10,21-22,26H,11-19H2,1-8H3,(H,32,34,37);8-9,20-21,33,37H,10-18H2,1-7H3,(H,30,32,36);3-4,7-8,10,16H,5H2,1-2H3,(H,14,17,18)/t21-,22+,26?,29+,30+;20-,21+,27+,28+;7-,8+,10?,11+,12+/m000/s1. The first-order valence-corrected chi connectivity index (χ1v) is 42.8. The summed E-state index contributed by atoms with van der Waals surface area (Å²) in [4.78, 5) is 125. The van der Waals surface area contributed by atoms with Crippen LogP contribution in [0.15, 0.2) is 65.6 Å². The average molecular weight is 1790 g/mol. The Kier molecular flexibility index (Phi) is 38.7. The van der Waals surface area contributed by atoms with Crippen molar-refractivity contribution in [1.82, 2.24) is 28.7 Å². The first-order valence-electron chi connectivity index (χ1n) is 36.7. The van der Waals surface area contributed by atoms with Gasteiger partial charge in [-0.2, -0.15) is 0 Å². The first kappa shape index (κ1) is 102. The highest BCUT2D eigenvalue weighted by Crippen LogP contribution is 2.56. The molecule has 0 amide bonds. The highest BCUT2D eigenvalue weighted by atomic mass is 32.2. The summed E-state index contributed by atoms with van der Waals surface area (Å²) in [6.07, 6.45) is -5.95. The van der Waals surface area contributed by atoms with E-state index >= 15 is 8.78 Å². The van der Waals surface area contributed by atoms with E-state index in [1.54, 1.807) is 0 Å². The summed E-state index contributed by atoms with van der Waals surface area (Å²) in [7, 11) is -1.82. The fourth-order valence-electron chi connectivity index (χ4n) is 10.8. The number of methoxy groups -OCH3 is 2. The van der Waals surface area contributed by atoms with Crippen molar-refractivity contribution < 1.29 is 136 Å². The zero-order valence-corrected chi connectivity index (χ0v) is 73.3. The number of fused-ring (bicyclic) bond motifs is 2. The number of hydrogen-bond acceptors (Lipinski definition) is 36. The van der Waals surface area contributed by atoms with Crippen LogP contribution in [0.25, 0.3) is 0 Å². The molecule has 14 atom stereocenters. The van der Waals surface area contributed by atoms with Crippen LogP contribution >= 0.6 is 64.3 Å². The second-order valence-electron chi connectivity index (χ2n) is 31.1. The maximum atomic E-state index is 16.7. The molecular formula is C70H109F3N6O32P2S4. The van der Waals surface area contributed by atoms with Gasteiger partial charge in [0.05, 0.1) is 79.3 Å². The molecule has 5 saturated heterocycles. The fourth-order valence-corrected chi connectivity index (χ4v) is 16.0. The molecular weight excluding hydrogens is 1680 g/mol. The molecule has 5 aliphatic rings. The SMILES string of the molecule is CC(C)(C)C(=O)SCCOCCOP(OCCOCCSC(=O)C(C)(C)C)OC[C@@]1(F)O[C@@H](n2ccc(=O)[nH]c2=O)[C@](C)(O)[C@@H]1O.COC1O[C@H]2[C@@](C)(O1)[C@H](n1ccc(=O)[nH]c1=O)O[C@]2(F)CO.COC1O[C@H]2[C@@](C)(O1)[C@H](n1ccc(=O)[nH]c1=O)O[C@]2(F)COP(OCCOCCSC(=O)C(C)(C)C)OCCOCCSC(=O)C(C)(C)C. The number of aliphatic hydroxyl groups is 3. The van der Waals surface area contributed by atoms with Crippen molar-refractivity contribution in [2.45, 2.75) is 188 Å². The van der Waals surface area contributed by atoms with Gasteiger partial charge in [0, 0.05) is 95.7 Å². The fraction of sp³-hybridized carbons (Fsp3) is 0.771. The first-order chi connectivity index (χ1) is 54.5. The third-order valence-electron chi connectivity index (χ3n) is 17.0. The molecule has 0 bridgehead atoms. The van der Waals surface area contributed by atoms with Crippen molar-refractivity contribution in [3.05, 3.63) is 99.3 Å². The van der Waals surface area contributed by atoms with Crippen molar-refractivity contribution in [1.29, 1.82) is 0 Å².